The Morgan fingerprint density at radius 3 is 2.52 bits per heavy atom. The topological polar surface area (TPSA) is 67.9 Å². The normalized spacial score (nSPS) is 11.5. The van der Waals surface area contributed by atoms with E-state index in [4.69, 9.17) is 9.47 Å². The van der Waals surface area contributed by atoms with Gasteiger partial charge in [-0.1, -0.05) is 43.7 Å². The third-order valence-electron chi connectivity index (χ3n) is 5.10. The molecule has 31 heavy (non-hydrogen) atoms. The van der Waals surface area contributed by atoms with Crippen LogP contribution < -0.4 is 14.8 Å². The fourth-order valence-electron chi connectivity index (χ4n) is 3.44. The van der Waals surface area contributed by atoms with E-state index in [2.05, 4.69) is 5.32 Å². The molecule has 0 bridgehead atoms. The van der Waals surface area contributed by atoms with E-state index in [9.17, 15) is 9.59 Å². The number of hydrogen-bond acceptors (Lipinski definition) is 4. The Morgan fingerprint density at radius 1 is 1.10 bits per heavy atom. The molecule has 2 amide bonds. The zero-order chi connectivity index (χ0) is 22.8. The first-order valence-electron chi connectivity index (χ1n) is 10.8. The predicted octanol–water partition coefficient (Wildman–Crippen LogP) is 4.02. The Morgan fingerprint density at radius 2 is 1.87 bits per heavy atom. The third kappa shape index (κ3) is 7.02. The number of carbonyl (C=O) groups is 2. The molecular formula is C25H34N2O4. The van der Waals surface area contributed by atoms with E-state index in [-0.39, 0.29) is 18.4 Å². The van der Waals surface area contributed by atoms with E-state index in [0.29, 0.717) is 31.0 Å². The summed E-state index contributed by atoms with van der Waals surface area (Å²) in [5.41, 5.74) is 3.00. The molecule has 0 fully saturated rings. The van der Waals surface area contributed by atoms with Gasteiger partial charge in [-0.05, 0) is 56.0 Å². The predicted molar refractivity (Wildman–Crippen MR) is 122 cm³/mol. The van der Waals surface area contributed by atoms with Crippen molar-refractivity contribution in [1.29, 1.82) is 0 Å². The molecule has 2 aromatic carbocycles. The highest BCUT2D eigenvalue weighted by atomic mass is 16.5. The van der Waals surface area contributed by atoms with Crippen LogP contribution in [0.2, 0.25) is 0 Å². The van der Waals surface area contributed by atoms with Gasteiger partial charge in [0.15, 0.2) is 6.61 Å². The van der Waals surface area contributed by atoms with Crippen LogP contribution in [0.15, 0.2) is 42.5 Å². The van der Waals surface area contributed by atoms with Crippen molar-refractivity contribution in [2.24, 2.45) is 0 Å². The summed E-state index contributed by atoms with van der Waals surface area (Å²) in [5.74, 6) is 0.997. The maximum atomic E-state index is 13.2. The second kappa shape index (κ2) is 12.0. The first-order valence-corrected chi connectivity index (χ1v) is 10.8. The first kappa shape index (κ1) is 24.3. The van der Waals surface area contributed by atoms with Crippen molar-refractivity contribution >= 4 is 11.8 Å². The Hall–Kier alpha value is -3.02. The standard InChI is InChI=1S/C25H34N2O4/c1-6-13-26-25(29)22(7-2)27(16-20-9-8-10-21(15-20)30-5)24(28)17-31-23-12-11-18(3)14-19(23)4/h8-12,14-15,22H,6-7,13,16-17H2,1-5H3,(H,26,29)/t22-/m0/s1. The van der Waals surface area contributed by atoms with Crippen LogP contribution in [0.5, 0.6) is 11.5 Å². The number of benzene rings is 2. The van der Waals surface area contributed by atoms with Crippen LogP contribution in [-0.2, 0) is 16.1 Å². The Labute approximate surface area is 185 Å². The Balaban J connectivity index is 2.23. The first-order chi connectivity index (χ1) is 14.9. The second-order valence-electron chi connectivity index (χ2n) is 7.65. The summed E-state index contributed by atoms with van der Waals surface area (Å²) < 4.78 is 11.1. The summed E-state index contributed by atoms with van der Waals surface area (Å²) in [6.07, 6.45) is 1.34. The third-order valence-corrected chi connectivity index (χ3v) is 5.10. The van der Waals surface area contributed by atoms with E-state index in [0.717, 1.165) is 23.1 Å². The zero-order valence-electron chi connectivity index (χ0n) is 19.2. The van der Waals surface area contributed by atoms with Crippen molar-refractivity contribution in [3.63, 3.8) is 0 Å². The van der Waals surface area contributed by atoms with Crippen LogP contribution in [-0.4, -0.2) is 43.0 Å². The lowest BCUT2D eigenvalue weighted by Gasteiger charge is -2.30. The highest BCUT2D eigenvalue weighted by Gasteiger charge is 2.29. The zero-order valence-corrected chi connectivity index (χ0v) is 19.2. The van der Waals surface area contributed by atoms with Gasteiger partial charge in [0.25, 0.3) is 5.91 Å². The number of carbonyl (C=O) groups excluding carboxylic acids is 2. The van der Waals surface area contributed by atoms with Crippen molar-refractivity contribution in [3.8, 4) is 11.5 Å². The van der Waals surface area contributed by atoms with Gasteiger partial charge >= 0.3 is 0 Å². The number of amides is 2. The SMILES string of the molecule is CCCNC(=O)[C@H](CC)N(Cc1cccc(OC)c1)C(=O)COc1ccc(C)cc1C. The van der Waals surface area contributed by atoms with Crippen LogP contribution in [0, 0.1) is 13.8 Å². The Kier molecular flexibility index (Phi) is 9.38. The van der Waals surface area contributed by atoms with Crippen molar-refractivity contribution in [3.05, 3.63) is 59.2 Å². The van der Waals surface area contributed by atoms with Gasteiger partial charge in [-0.2, -0.15) is 0 Å². The maximum absolute atomic E-state index is 13.2. The van der Waals surface area contributed by atoms with Crippen molar-refractivity contribution in [2.75, 3.05) is 20.3 Å². The van der Waals surface area contributed by atoms with Crippen molar-refractivity contribution in [1.82, 2.24) is 10.2 Å². The van der Waals surface area contributed by atoms with Gasteiger partial charge in [0.2, 0.25) is 5.91 Å². The molecule has 6 heteroatoms. The number of nitrogens with zero attached hydrogens (tertiary/aromatic N) is 1. The van der Waals surface area contributed by atoms with Crippen LogP contribution in [0.25, 0.3) is 0 Å². The molecule has 0 aliphatic rings. The molecule has 168 valence electrons. The summed E-state index contributed by atoms with van der Waals surface area (Å²) >= 11 is 0. The average molecular weight is 427 g/mol. The molecule has 0 aliphatic heterocycles. The van der Waals surface area contributed by atoms with E-state index in [1.807, 2.05) is 70.2 Å². The van der Waals surface area contributed by atoms with E-state index < -0.39 is 6.04 Å². The monoisotopic (exact) mass is 426 g/mol. The van der Waals surface area contributed by atoms with Crippen molar-refractivity contribution in [2.45, 2.75) is 53.1 Å². The second-order valence-corrected chi connectivity index (χ2v) is 7.65. The Bertz CT molecular complexity index is 882. The molecule has 2 rings (SSSR count). The summed E-state index contributed by atoms with van der Waals surface area (Å²) in [6.45, 7) is 8.61. The molecule has 0 heterocycles. The molecule has 0 unspecified atom stereocenters. The number of ether oxygens (including phenoxy) is 2. The smallest absolute Gasteiger partial charge is 0.261 e. The molecule has 0 radical (unpaired) electrons. The lowest BCUT2D eigenvalue weighted by molar-refractivity contribution is -0.143. The summed E-state index contributed by atoms with van der Waals surface area (Å²) in [6, 6.07) is 12.8. The van der Waals surface area contributed by atoms with E-state index in [1.54, 1.807) is 12.0 Å². The minimum Gasteiger partial charge on any atom is -0.497 e. The molecule has 1 atom stereocenters. The lowest BCUT2D eigenvalue weighted by Crippen LogP contribution is -2.50. The average Bonchev–Trinajstić information content (AvgIpc) is 2.76. The highest BCUT2D eigenvalue weighted by Crippen LogP contribution is 2.20. The number of methoxy groups -OCH3 is 1. The molecule has 0 saturated carbocycles. The van der Waals surface area contributed by atoms with Gasteiger partial charge < -0.3 is 19.7 Å². The molecular weight excluding hydrogens is 392 g/mol. The maximum Gasteiger partial charge on any atom is 0.261 e. The van der Waals surface area contributed by atoms with Gasteiger partial charge in [-0.25, -0.2) is 0 Å². The molecule has 0 aromatic heterocycles. The molecule has 1 N–H and O–H groups in total. The van der Waals surface area contributed by atoms with Crippen LogP contribution >= 0.6 is 0 Å². The van der Waals surface area contributed by atoms with Gasteiger partial charge in [0.05, 0.1) is 7.11 Å². The van der Waals surface area contributed by atoms with Gasteiger partial charge in [0.1, 0.15) is 17.5 Å². The van der Waals surface area contributed by atoms with Crippen LogP contribution in [0.3, 0.4) is 0 Å². The van der Waals surface area contributed by atoms with Crippen molar-refractivity contribution < 1.29 is 19.1 Å². The summed E-state index contributed by atoms with van der Waals surface area (Å²) in [7, 11) is 1.60. The summed E-state index contributed by atoms with van der Waals surface area (Å²) in [5, 5.41) is 2.92. The fourth-order valence-corrected chi connectivity index (χ4v) is 3.44. The molecule has 0 aliphatic carbocycles. The minimum atomic E-state index is -0.576. The van der Waals surface area contributed by atoms with Gasteiger partial charge in [-0.3, -0.25) is 9.59 Å². The number of rotatable bonds is 11. The quantitative estimate of drug-likeness (QED) is 0.589. The number of aryl methyl sites for hydroxylation is 2. The van der Waals surface area contributed by atoms with Gasteiger partial charge in [-0.15, -0.1) is 0 Å². The minimum absolute atomic E-state index is 0.134. The summed E-state index contributed by atoms with van der Waals surface area (Å²) in [4.78, 5) is 27.6. The molecule has 0 spiro atoms. The highest BCUT2D eigenvalue weighted by molar-refractivity contribution is 5.88. The molecule has 2 aromatic rings. The molecule has 6 nitrogen and oxygen atoms in total. The lowest BCUT2D eigenvalue weighted by atomic mass is 10.1. The molecule has 0 saturated heterocycles. The number of nitrogens with one attached hydrogen (secondary N) is 1. The fraction of sp³-hybridized carbons (Fsp3) is 0.440. The van der Waals surface area contributed by atoms with Crippen LogP contribution in [0.1, 0.15) is 43.4 Å². The van der Waals surface area contributed by atoms with E-state index >= 15 is 0 Å². The van der Waals surface area contributed by atoms with Gasteiger partial charge in [0, 0.05) is 13.1 Å². The number of hydrogen-bond donors (Lipinski definition) is 1. The van der Waals surface area contributed by atoms with E-state index in [1.165, 1.54) is 0 Å². The van der Waals surface area contributed by atoms with Crippen LogP contribution in [0.4, 0.5) is 0 Å². The largest absolute Gasteiger partial charge is 0.497 e.